The lowest BCUT2D eigenvalue weighted by Crippen LogP contribution is -2.11. The van der Waals surface area contributed by atoms with Crippen molar-refractivity contribution in [1.82, 2.24) is 14.5 Å². The molecule has 0 aliphatic rings. The van der Waals surface area contributed by atoms with Crippen molar-refractivity contribution < 1.29 is 22.9 Å². The Bertz CT molecular complexity index is 3480. The van der Waals surface area contributed by atoms with Gasteiger partial charge in [-0.15, -0.1) is 0 Å². The highest BCUT2D eigenvalue weighted by Gasteiger charge is 2.24. The first-order valence-electron chi connectivity index (χ1n) is 27.9. The van der Waals surface area contributed by atoms with Gasteiger partial charge in [0.1, 0.15) is 11.6 Å². The van der Waals surface area contributed by atoms with Gasteiger partial charge >= 0.3 is 0 Å². The number of nitrogens with zero attached hydrogens (tertiary/aromatic N) is 3. The van der Waals surface area contributed by atoms with E-state index < -0.39 is 38.7 Å². The smallest absolute Gasteiger partial charge is 0.149 e. The van der Waals surface area contributed by atoms with Crippen molar-refractivity contribution in [1.29, 1.82) is 0 Å². The second-order valence-corrected chi connectivity index (χ2v) is 18.5. The van der Waals surface area contributed by atoms with Crippen LogP contribution in [0.1, 0.15) is 138 Å². The van der Waals surface area contributed by atoms with Crippen LogP contribution < -0.4 is 0 Å². The highest BCUT2D eigenvalue weighted by molar-refractivity contribution is 5.97. The maximum absolute atomic E-state index is 11.8. The van der Waals surface area contributed by atoms with Crippen LogP contribution in [0.5, 0.6) is 5.75 Å². The zero-order valence-electron chi connectivity index (χ0n) is 50.5. The third kappa shape index (κ3) is 8.61. The van der Waals surface area contributed by atoms with E-state index in [1.54, 1.807) is 24.4 Å². The molecule has 2 heterocycles. The molecule has 0 aliphatic heterocycles. The number of benzene rings is 6. The summed E-state index contributed by atoms with van der Waals surface area (Å²) in [4.78, 5) is 10.1. The first-order valence-corrected chi connectivity index (χ1v) is 21.4. The molecule has 0 bridgehead atoms. The molecule has 0 radical (unpaired) electrons. The van der Waals surface area contributed by atoms with Crippen LogP contribution in [-0.4, -0.2) is 19.6 Å². The summed E-state index contributed by atoms with van der Waals surface area (Å²) in [6.07, 6.45) is 1.63. The van der Waals surface area contributed by atoms with Gasteiger partial charge in [-0.1, -0.05) is 142 Å². The van der Waals surface area contributed by atoms with Crippen LogP contribution in [0.3, 0.4) is 0 Å². The number of pyridine rings is 1. The van der Waals surface area contributed by atoms with Gasteiger partial charge in [0.05, 0.1) is 28.0 Å². The number of phenols is 1. The topological polar surface area (TPSA) is 50.9 Å². The quantitative estimate of drug-likeness (QED) is 0.166. The van der Waals surface area contributed by atoms with Gasteiger partial charge in [-0.25, -0.2) is 4.98 Å². The average Bonchev–Trinajstić information content (AvgIpc) is 3.70. The lowest BCUT2D eigenvalue weighted by molar-refractivity contribution is 0.472. The predicted octanol–water partition coefficient (Wildman–Crippen LogP) is 16.2. The average molecular weight is 843 g/mol. The van der Waals surface area contributed by atoms with Crippen molar-refractivity contribution in [2.45, 2.75) is 112 Å². The first kappa shape index (κ1) is 29.9. The molecule has 4 nitrogen and oxygen atoms in total. The van der Waals surface area contributed by atoms with E-state index in [2.05, 4.69) is 52.8 Å². The highest BCUT2D eigenvalue weighted by atomic mass is 16.3. The maximum Gasteiger partial charge on any atom is 0.149 e. The monoisotopic (exact) mass is 843 g/mol. The lowest BCUT2D eigenvalue weighted by atomic mass is 9.83. The van der Waals surface area contributed by atoms with E-state index in [0.29, 0.717) is 56.1 Å². The zero-order valence-corrected chi connectivity index (χ0v) is 37.5. The lowest BCUT2D eigenvalue weighted by Gasteiger charge is -2.22. The van der Waals surface area contributed by atoms with Gasteiger partial charge in [0.25, 0.3) is 0 Å². The van der Waals surface area contributed by atoms with Gasteiger partial charge in [0.2, 0.25) is 0 Å². The van der Waals surface area contributed by atoms with E-state index in [1.165, 1.54) is 24.3 Å². The summed E-state index contributed by atoms with van der Waals surface area (Å²) in [6.45, 7) is 5.11. The number of fused-ring (bicyclic) bond motifs is 1. The van der Waals surface area contributed by atoms with Gasteiger partial charge < -0.3 is 5.11 Å². The van der Waals surface area contributed by atoms with Crippen LogP contribution in [-0.2, 0) is 10.8 Å². The Kier molecular flexibility index (Phi) is 7.82. The minimum absolute atomic E-state index is 0.00978. The van der Waals surface area contributed by atoms with Crippen molar-refractivity contribution in [3.05, 3.63) is 166 Å². The van der Waals surface area contributed by atoms with Gasteiger partial charge in [0, 0.05) is 35.1 Å². The number of imidazole rings is 1. The molecule has 320 valence electrons. The second kappa shape index (κ2) is 16.5. The van der Waals surface area contributed by atoms with E-state index in [4.69, 9.17) is 27.8 Å². The van der Waals surface area contributed by atoms with Crippen molar-refractivity contribution in [3.63, 3.8) is 0 Å². The Morgan fingerprint density at radius 2 is 1.33 bits per heavy atom. The Morgan fingerprint density at radius 1 is 0.619 bits per heavy atom. The number of hydrogen-bond acceptors (Lipinski definition) is 3. The third-order valence-electron chi connectivity index (χ3n) is 12.0. The molecular formula is C59H63N3O. The summed E-state index contributed by atoms with van der Waals surface area (Å²) >= 11 is 0. The minimum Gasteiger partial charge on any atom is -0.507 e. The van der Waals surface area contributed by atoms with E-state index in [0.717, 1.165) is 44.5 Å². The SMILES string of the molecule is [2H]C([2H])([2H])c1cc(-c2cc(C(C)C)cc(C([2H])(C)C)c2)ccc1-n1c(-c2cc(C)cc(C)c2O)nc2c(-c3cc(-c4cc(-c5ccc(C(C([2H])([2H])[2H])(C([2H])([2H])[2H])C([2H])([2H])[2H])cc5)ccn4)cc(C(C)(C)C)c3)cccc21. The largest absolute Gasteiger partial charge is 0.507 e. The normalized spacial score (nSPS) is 16.3. The Labute approximate surface area is 394 Å². The number of hydrogen-bond donors (Lipinski definition) is 1. The molecule has 0 unspecified atom stereocenters. The molecule has 0 fully saturated rings. The van der Waals surface area contributed by atoms with Gasteiger partial charge in [-0.3, -0.25) is 9.55 Å². The molecule has 2 aromatic heterocycles. The summed E-state index contributed by atoms with van der Waals surface area (Å²) in [6, 6.07) is 36.3. The number of aryl methyl sites for hydroxylation is 3. The van der Waals surface area contributed by atoms with Crippen molar-refractivity contribution in [2.75, 3.05) is 0 Å². The summed E-state index contributed by atoms with van der Waals surface area (Å²) in [5.74, 6) is -0.393. The van der Waals surface area contributed by atoms with E-state index >= 15 is 0 Å². The number of rotatable bonds is 8. The molecule has 4 heteroatoms. The number of para-hydroxylation sites is 1. The molecule has 0 amide bonds. The van der Waals surface area contributed by atoms with Crippen molar-refractivity contribution in [3.8, 4) is 67.5 Å². The third-order valence-corrected chi connectivity index (χ3v) is 12.0. The van der Waals surface area contributed by atoms with Crippen molar-refractivity contribution in [2.24, 2.45) is 0 Å². The molecule has 63 heavy (non-hydrogen) atoms. The number of aromatic nitrogens is 3. The van der Waals surface area contributed by atoms with Crippen LogP contribution in [0.25, 0.3) is 72.7 Å². The molecule has 0 saturated carbocycles. The minimum atomic E-state index is -3.39. The fraction of sp³-hybridized carbons (Fsp3) is 0.288. The molecule has 6 aromatic carbocycles. The van der Waals surface area contributed by atoms with Gasteiger partial charge in [0.15, 0.2) is 0 Å². The molecule has 8 aromatic rings. The van der Waals surface area contributed by atoms with Crippen LogP contribution in [0.2, 0.25) is 0 Å². The predicted molar refractivity (Wildman–Crippen MR) is 267 cm³/mol. The van der Waals surface area contributed by atoms with E-state index in [9.17, 15) is 5.11 Å². The molecule has 0 saturated heterocycles. The second-order valence-electron chi connectivity index (χ2n) is 18.5. The summed E-state index contributed by atoms with van der Waals surface area (Å²) in [5, 5.41) is 11.8. The molecule has 0 atom stereocenters. The Hall–Kier alpha value is -6.26. The first-order chi connectivity index (χ1) is 35.0. The number of phenolic OH excluding ortho intramolecular Hbond substituents is 1. The van der Waals surface area contributed by atoms with Crippen LogP contribution in [0.15, 0.2) is 128 Å². The molecule has 1 N–H and O–H groups in total. The van der Waals surface area contributed by atoms with Crippen LogP contribution >= 0.6 is 0 Å². The summed E-state index contributed by atoms with van der Waals surface area (Å²) in [5.41, 5.74) is 8.01. The fourth-order valence-corrected chi connectivity index (χ4v) is 8.28. The molecular weight excluding hydrogens is 767 g/mol. The van der Waals surface area contributed by atoms with Crippen LogP contribution in [0, 0.1) is 20.7 Å². The molecule has 0 spiro atoms. The fourth-order valence-electron chi connectivity index (χ4n) is 8.28. The summed E-state index contributed by atoms with van der Waals surface area (Å²) in [7, 11) is 0. The molecule has 0 aliphatic carbocycles. The Balaban J connectivity index is 1.33. The van der Waals surface area contributed by atoms with E-state index in [-0.39, 0.29) is 28.2 Å². The van der Waals surface area contributed by atoms with Gasteiger partial charge in [-0.2, -0.15) is 0 Å². The molecule has 8 rings (SSSR count). The van der Waals surface area contributed by atoms with Gasteiger partial charge in [-0.05, 0) is 159 Å². The maximum atomic E-state index is 11.8. The Morgan fingerprint density at radius 3 is 2.03 bits per heavy atom. The summed E-state index contributed by atoms with van der Waals surface area (Å²) < 4.78 is 111. The zero-order chi connectivity index (χ0) is 56.0. The van der Waals surface area contributed by atoms with Crippen molar-refractivity contribution >= 4 is 11.0 Å². The standard InChI is InChI=1S/C59H63N3O/c1-35(2)43-28-44(36(3)4)30-45(29-43)41-19-22-53(38(6)27-41)62-54-16-14-15-50(55(54)61-57(62)51-26-37(5)25-39(7)56(51)63)46-31-47(33-49(32-46)59(11,12)13)52-34-42(23-24-60-52)40-17-20-48(21-18-40)58(8,9)10/h14-36,63H,1-13H3/i6D3,8D3,9D3,10D3,35D. The van der Waals surface area contributed by atoms with E-state index in [1.807, 2.05) is 92.9 Å². The van der Waals surface area contributed by atoms with Crippen LogP contribution in [0.4, 0.5) is 0 Å². The number of aromatic hydroxyl groups is 1. The highest BCUT2D eigenvalue weighted by Crippen LogP contribution is 2.42.